The number of hydrogen-bond acceptors (Lipinski definition) is 6. The Balaban J connectivity index is 1.80. The number of nitrogens with one attached hydrogen (secondary N) is 1. The highest BCUT2D eigenvalue weighted by atomic mass is 16.5. The van der Waals surface area contributed by atoms with E-state index in [1.54, 1.807) is 25.7 Å². The zero-order valence-corrected chi connectivity index (χ0v) is 13.9. The maximum absolute atomic E-state index is 12.9. The van der Waals surface area contributed by atoms with Gasteiger partial charge in [-0.2, -0.15) is 5.10 Å². The molecule has 9 heteroatoms. The highest BCUT2D eigenvalue weighted by Crippen LogP contribution is 2.23. The normalized spacial score (nSPS) is 18.6. The first-order valence-corrected chi connectivity index (χ1v) is 7.72. The zero-order chi connectivity index (χ0) is 17.3. The van der Waals surface area contributed by atoms with Crippen molar-refractivity contribution in [1.82, 2.24) is 29.6 Å². The van der Waals surface area contributed by atoms with Crippen LogP contribution in [-0.4, -0.2) is 55.2 Å². The molecule has 24 heavy (non-hydrogen) atoms. The number of carbonyl (C=O) groups excluding carboxylic acids is 1. The number of nitrogens with zero attached hydrogens (tertiary/aromatic N) is 5. The minimum Gasteiger partial charge on any atom is -0.367 e. The summed E-state index contributed by atoms with van der Waals surface area (Å²) in [4.78, 5) is 37.2. The summed E-state index contributed by atoms with van der Waals surface area (Å²) in [6.45, 7) is 6.51. The Morgan fingerprint density at radius 2 is 2.25 bits per heavy atom. The van der Waals surface area contributed by atoms with Crippen LogP contribution in [0.5, 0.6) is 0 Å². The predicted molar refractivity (Wildman–Crippen MR) is 84.2 cm³/mol. The Morgan fingerprint density at radius 1 is 1.46 bits per heavy atom. The van der Waals surface area contributed by atoms with Gasteiger partial charge in [0.15, 0.2) is 0 Å². The van der Waals surface area contributed by atoms with E-state index in [9.17, 15) is 9.59 Å². The van der Waals surface area contributed by atoms with E-state index in [0.29, 0.717) is 31.2 Å². The van der Waals surface area contributed by atoms with Gasteiger partial charge in [0.2, 0.25) is 5.91 Å². The molecule has 2 aromatic rings. The topological polar surface area (TPSA) is 106 Å². The van der Waals surface area contributed by atoms with Crippen LogP contribution in [0.4, 0.5) is 0 Å². The molecule has 9 nitrogen and oxygen atoms in total. The maximum atomic E-state index is 12.9. The van der Waals surface area contributed by atoms with Crippen molar-refractivity contribution in [3.8, 4) is 0 Å². The van der Waals surface area contributed by atoms with E-state index in [1.807, 2.05) is 0 Å². The first-order chi connectivity index (χ1) is 11.4. The lowest BCUT2D eigenvalue weighted by Crippen LogP contribution is -2.52. The summed E-state index contributed by atoms with van der Waals surface area (Å²) in [6.07, 6.45) is 2.47. The summed E-state index contributed by atoms with van der Waals surface area (Å²) in [5, 5.41) is 4.07. The Hall–Kier alpha value is -2.55. The van der Waals surface area contributed by atoms with Crippen molar-refractivity contribution < 1.29 is 9.53 Å². The number of amides is 1. The number of rotatable bonds is 3. The fraction of sp³-hybridized carbons (Fsp3) is 0.533. The second kappa shape index (κ2) is 6.16. The number of ether oxygens (including phenoxy) is 1. The largest absolute Gasteiger partial charge is 0.367 e. The monoisotopic (exact) mass is 332 g/mol. The molecule has 0 radical (unpaired) electrons. The SMILES string of the molecule is Cc1cc(=O)[nH]c(C2CN(C(=O)C(C)(C)n3cncn3)CCO2)n1. The predicted octanol–water partition coefficient (Wildman–Crippen LogP) is 0.00502. The van der Waals surface area contributed by atoms with Gasteiger partial charge < -0.3 is 14.6 Å². The Kier molecular flexibility index (Phi) is 4.18. The summed E-state index contributed by atoms with van der Waals surface area (Å²) in [6, 6.07) is 1.42. The molecule has 1 N–H and O–H groups in total. The minimum absolute atomic E-state index is 0.0868. The number of aryl methyl sites for hydroxylation is 1. The van der Waals surface area contributed by atoms with Crippen molar-refractivity contribution in [1.29, 1.82) is 0 Å². The van der Waals surface area contributed by atoms with Gasteiger partial charge in [0.25, 0.3) is 5.56 Å². The Bertz CT molecular complexity index is 783. The molecule has 1 aliphatic heterocycles. The van der Waals surface area contributed by atoms with Crippen LogP contribution in [0.2, 0.25) is 0 Å². The average Bonchev–Trinajstić information content (AvgIpc) is 3.08. The van der Waals surface area contributed by atoms with Crippen molar-refractivity contribution >= 4 is 5.91 Å². The third kappa shape index (κ3) is 3.07. The van der Waals surface area contributed by atoms with Crippen molar-refractivity contribution in [2.45, 2.75) is 32.4 Å². The Labute approximate surface area is 138 Å². The smallest absolute Gasteiger partial charge is 0.251 e. The molecule has 1 unspecified atom stereocenters. The van der Waals surface area contributed by atoms with E-state index >= 15 is 0 Å². The van der Waals surface area contributed by atoms with Gasteiger partial charge in [0.1, 0.15) is 30.1 Å². The summed E-state index contributed by atoms with van der Waals surface area (Å²) in [7, 11) is 0. The fourth-order valence-electron chi connectivity index (χ4n) is 2.74. The van der Waals surface area contributed by atoms with Gasteiger partial charge in [-0.25, -0.2) is 14.6 Å². The van der Waals surface area contributed by atoms with Gasteiger partial charge in [0.05, 0.1) is 13.2 Å². The average molecular weight is 332 g/mol. The van der Waals surface area contributed by atoms with E-state index in [1.165, 1.54) is 23.4 Å². The second-order valence-electron chi connectivity index (χ2n) is 6.28. The van der Waals surface area contributed by atoms with E-state index in [2.05, 4.69) is 20.1 Å². The van der Waals surface area contributed by atoms with Crippen molar-refractivity contribution in [2.75, 3.05) is 19.7 Å². The van der Waals surface area contributed by atoms with Crippen LogP contribution >= 0.6 is 0 Å². The summed E-state index contributed by atoms with van der Waals surface area (Å²) >= 11 is 0. The van der Waals surface area contributed by atoms with E-state index in [0.717, 1.165) is 0 Å². The summed E-state index contributed by atoms with van der Waals surface area (Å²) in [5.74, 6) is 0.354. The lowest BCUT2D eigenvalue weighted by molar-refractivity contribution is -0.147. The number of aromatic amines is 1. The number of hydrogen-bond donors (Lipinski definition) is 1. The highest BCUT2D eigenvalue weighted by Gasteiger charge is 2.37. The van der Waals surface area contributed by atoms with Gasteiger partial charge >= 0.3 is 0 Å². The second-order valence-corrected chi connectivity index (χ2v) is 6.28. The van der Waals surface area contributed by atoms with Crippen LogP contribution in [0.3, 0.4) is 0 Å². The van der Waals surface area contributed by atoms with Gasteiger partial charge in [0, 0.05) is 18.3 Å². The quantitative estimate of drug-likeness (QED) is 0.848. The molecule has 0 aromatic carbocycles. The molecular weight excluding hydrogens is 312 g/mol. The van der Waals surface area contributed by atoms with Crippen molar-refractivity contribution in [2.24, 2.45) is 0 Å². The molecular formula is C15H20N6O3. The van der Waals surface area contributed by atoms with Crippen LogP contribution in [0.1, 0.15) is 31.5 Å². The summed E-state index contributed by atoms with van der Waals surface area (Å²) < 4.78 is 7.23. The van der Waals surface area contributed by atoms with Gasteiger partial charge in [-0.3, -0.25) is 9.59 Å². The molecule has 1 aliphatic rings. The van der Waals surface area contributed by atoms with Crippen LogP contribution in [0, 0.1) is 6.92 Å². The van der Waals surface area contributed by atoms with E-state index < -0.39 is 11.6 Å². The first-order valence-electron chi connectivity index (χ1n) is 7.72. The lowest BCUT2D eigenvalue weighted by Gasteiger charge is -2.37. The third-order valence-electron chi connectivity index (χ3n) is 4.06. The lowest BCUT2D eigenvalue weighted by atomic mass is 10.0. The van der Waals surface area contributed by atoms with Crippen LogP contribution < -0.4 is 5.56 Å². The molecule has 0 aliphatic carbocycles. The molecule has 0 spiro atoms. The van der Waals surface area contributed by atoms with Crippen molar-refractivity contribution in [3.05, 3.63) is 40.6 Å². The highest BCUT2D eigenvalue weighted by molar-refractivity contribution is 5.83. The molecule has 0 saturated carbocycles. The zero-order valence-electron chi connectivity index (χ0n) is 13.9. The fourth-order valence-corrected chi connectivity index (χ4v) is 2.74. The van der Waals surface area contributed by atoms with Crippen LogP contribution in [0.25, 0.3) is 0 Å². The number of morpholine rings is 1. The standard InChI is InChI=1S/C15H20N6O3/c1-10-6-12(22)19-13(18-10)11-7-20(4-5-24-11)14(23)15(2,3)21-9-16-8-17-21/h6,8-9,11H,4-5,7H2,1-3H3,(H,18,19,22). The van der Waals surface area contributed by atoms with Gasteiger partial charge in [-0.05, 0) is 20.8 Å². The Morgan fingerprint density at radius 3 is 2.92 bits per heavy atom. The van der Waals surface area contributed by atoms with Crippen LogP contribution in [-0.2, 0) is 15.1 Å². The molecule has 3 heterocycles. The molecule has 0 bridgehead atoms. The van der Waals surface area contributed by atoms with E-state index in [-0.39, 0.29) is 11.5 Å². The van der Waals surface area contributed by atoms with Gasteiger partial charge in [-0.1, -0.05) is 0 Å². The molecule has 1 amide bonds. The molecule has 1 fully saturated rings. The number of aromatic nitrogens is 5. The number of carbonyl (C=O) groups is 1. The maximum Gasteiger partial charge on any atom is 0.251 e. The third-order valence-corrected chi connectivity index (χ3v) is 4.06. The number of H-pyrrole nitrogens is 1. The molecule has 3 rings (SSSR count). The molecule has 1 atom stereocenters. The van der Waals surface area contributed by atoms with Gasteiger partial charge in [-0.15, -0.1) is 0 Å². The van der Waals surface area contributed by atoms with Crippen molar-refractivity contribution in [3.63, 3.8) is 0 Å². The minimum atomic E-state index is -0.855. The molecule has 2 aromatic heterocycles. The van der Waals surface area contributed by atoms with E-state index in [4.69, 9.17) is 4.74 Å². The first kappa shape index (κ1) is 16.3. The van der Waals surface area contributed by atoms with Crippen LogP contribution in [0.15, 0.2) is 23.5 Å². The summed E-state index contributed by atoms with van der Waals surface area (Å²) in [5.41, 5.74) is -0.470. The molecule has 128 valence electrons. The molecule has 1 saturated heterocycles.